The van der Waals surface area contributed by atoms with E-state index in [1.807, 2.05) is 49.2 Å². The van der Waals surface area contributed by atoms with Crippen LogP contribution in [0.25, 0.3) is 0 Å². The predicted octanol–water partition coefficient (Wildman–Crippen LogP) is 5.12. The minimum Gasteiger partial charge on any atom is -0.489 e. The van der Waals surface area contributed by atoms with Crippen molar-refractivity contribution >= 4 is 18.2 Å². The highest BCUT2D eigenvalue weighted by atomic mass is 16.5. The van der Waals surface area contributed by atoms with Crippen LogP contribution in [0.4, 0.5) is 5.69 Å². The maximum absolute atomic E-state index is 6.19. The molecule has 1 saturated heterocycles. The molecule has 6 rings (SSSR count). The number of anilines is 1. The van der Waals surface area contributed by atoms with Crippen LogP contribution in [0.15, 0.2) is 88.9 Å². The minimum absolute atomic E-state index is 0.432. The van der Waals surface area contributed by atoms with E-state index in [0.717, 1.165) is 23.1 Å². The number of likely N-dealkylation sites (tertiary alicyclic amines) is 1. The van der Waals surface area contributed by atoms with Crippen molar-refractivity contribution < 1.29 is 9.33 Å². The average Bonchev–Trinajstić information content (AvgIpc) is 3.52. The van der Waals surface area contributed by atoms with Crippen molar-refractivity contribution in [3.05, 3.63) is 84.5 Å². The fourth-order valence-electron chi connectivity index (χ4n) is 5.64. The fraction of sp³-hybridized carbons (Fsp3) is 0.357. The quantitative estimate of drug-likeness (QED) is 0.520. The fourth-order valence-corrected chi connectivity index (χ4v) is 5.64. The van der Waals surface area contributed by atoms with Gasteiger partial charge in [-0.25, -0.2) is 10.0 Å². The standard InChI is InChI=1S/C28H32N5O/c1-2-7-23(8-3-1)21-34-28-10-6-9-25(17-28)32(33-14-11-29-18-27(33)19-30-22-33)26-15-24(16-26)20-31-12-4-5-13-31/h1-3,6-11,14,17-19,22,24,26H,4-5,12-13,15-16,20-21H2/q+1. The Kier molecular flexibility index (Phi) is 5.77. The Morgan fingerprint density at radius 2 is 1.85 bits per heavy atom. The molecule has 1 aliphatic carbocycles. The first-order valence-electron chi connectivity index (χ1n) is 12.4. The normalized spacial score (nSPS) is 27.4. The molecule has 2 aromatic rings. The Balaban J connectivity index is 1.25. The van der Waals surface area contributed by atoms with Crippen molar-refractivity contribution in [1.29, 1.82) is 0 Å². The molecule has 2 aromatic carbocycles. The van der Waals surface area contributed by atoms with Gasteiger partial charge in [0.15, 0.2) is 6.20 Å². The van der Waals surface area contributed by atoms with E-state index in [1.54, 1.807) is 0 Å². The first-order valence-corrected chi connectivity index (χ1v) is 12.4. The molecule has 6 nitrogen and oxygen atoms in total. The third kappa shape index (κ3) is 4.08. The lowest BCUT2D eigenvalue weighted by atomic mass is 9.79. The molecule has 0 amide bonds. The minimum atomic E-state index is 0.432. The zero-order valence-electron chi connectivity index (χ0n) is 19.5. The number of ether oxygens (including phenoxy) is 1. The molecule has 0 radical (unpaired) electrons. The van der Waals surface area contributed by atoms with E-state index in [0.29, 0.717) is 17.2 Å². The Bertz CT molecular complexity index is 1130. The van der Waals surface area contributed by atoms with Gasteiger partial charge in [-0.2, -0.15) is 0 Å². The molecule has 3 aliphatic heterocycles. The summed E-state index contributed by atoms with van der Waals surface area (Å²) in [6.07, 6.45) is 15.0. The van der Waals surface area contributed by atoms with Gasteiger partial charge in [-0.05, 0) is 62.4 Å². The van der Waals surface area contributed by atoms with Gasteiger partial charge >= 0.3 is 0 Å². The molecule has 1 atom stereocenters. The predicted molar refractivity (Wildman–Crippen MR) is 136 cm³/mol. The summed E-state index contributed by atoms with van der Waals surface area (Å²) in [5.41, 5.74) is 3.39. The maximum Gasteiger partial charge on any atom is 0.225 e. The second kappa shape index (κ2) is 9.20. The molecule has 0 N–H and O–H groups in total. The van der Waals surface area contributed by atoms with Gasteiger partial charge in [0.05, 0.1) is 30.3 Å². The number of benzene rings is 2. The Labute approximate surface area is 201 Å². The van der Waals surface area contributed by atoms with Crippen molar-refractivity contribution in [1.82, 2.24) is 4.90 Å². The van der Waals surface area contributed by atoms with E-state index >= 15 is 0 Å². The van der Waals surface area contributed by atoms with Gasteiger partial charge in [0, 0.05) is 12.6 Å². The largest absolute Gasteiger partial charge is 0.489 e. The summed E-state index contributed by atoms with van der Waals surface area (Å²) < 4.78 is 6.65. The maximum atomic E-state index is 6.19. The number of rotatable bonds is 8. The van der Waals surface area contributed by atoms with Crippen LogP contribution < -0.4 is 9.75 Å². The highest BCUT2D eigenvalue weighted by Crippen LogP contribution is 2.42. The molecule has 0 bridgehead atoms. The van der Waals surface area contributed by atoms with Crippen LogP contribution in [-0.2, 0) is 6.61 Å². The Morgan fingerprint density at radius 3 is 2.71 bits per heavy atom. The second-order valence-electron chi connectivity index (χ2n) is 9.75. The molecule has 1 saturated carbocycles. The van der Waals surface area contributed by atoms with E-state index in [4.69, 9.17) is 4.74 Å². The number of allylic oxidation sites excluding steroid dienone is 1. The van der Waals surface area contributed by atoms with Crippen molar-refractivity contribution in [3.63, 3.8) is 0 Å². The molecule has 6 heteroatoms. The monoisotopic (exact) mass is 454 g/mol. The number of fused-ring (bicyclic) bond motifs is 1. The van der Waals surface area contributed by atoms with E-state index in [9.17, 15) is 0 Å². The first kappa shape index (κ1) is 21.3. The van der Waals surface area contributed by atoms with Crippen LogP contribution in [0.1, 0.15) is 31.2 Å². The van der Waals surface area contributed by atoms with Crippen molar-refractivity contribution in [2.45, 2.75) is 38.3 Å². The lowest BCUT2D eigenvalue weighted by Crippen LogP contribution is -2.63. The number of hydrogen-bond acceptors (Lipinski definition) is 5. The van der Waals surface area contributed by atoms with Crippen LogP contribution in [0.5, 0.6) is 5.75 Å². The molecule has 0 aromatic heterocycles. The zero-order chi connectivity index (χ0) is 22.8. The van der Waals surface area contributed by atoms with E-state index < -0.39 is 0 Å². The van der Waals surface area contributed by atoms with Crippen LogP contribution in [0.2, 0.25) is 0 Å². The van der Waals surface area contributed by atoms with Gasteiger partial charge in [0.1, 0.15) is 12.4 Å². The van der Waals surface area contributed by atoms with Gasteiger partial charge in [0.25, 0.3) is 0 Å². The summed E-state index contributed by atoms with van der Waals surface area (Å²) in [4.78, 5) is 11.6. The Hall–Kier alpha value is -3.22. The third-order valence-corrected chi connectivity index (χ3v) is 7.41. The summed E-state index contributed by atoms with van der Waals surface area (Å²) in [7, 11) is 0. The van der Waals surface area contributed by atoms with Crippen LogP contribution >= 0.6 is 0 Å². The van der Waals surface area contributed by atoms with Crippen molar-refractivity contribution in [2.75, 3.05) is 24.6 Å². The first-order chi connectivity index (χ1) is 16.8. The van der Waals surface area contributed by atoms with Crippen molar-refractivity contribution in [2.24, 2.45) is 15.9 Å². The number of aliphatic imine (C=N–C) groups is 2. The van der Waals surface area contributed by atoms with E-state index in [1.165, 1.54) is 50.9 Å². The average molecular weight is 455 g/mol. The molecular formula is C28H32N5O+. The highest BCUT2D eigenvalue weighted by Gasteiger charge is 2.49. The van der Waals surface area contributed by atoms with Gasteiger partial charge in [0.2, 0.25) is 12.0 Å². The molecular weight excluding hydrogens is 422 g/mol. The topological polar surface area (TPSA) is 40.4 Å². The number of quaternary nitrogens is 1. The summed E-state index contributed by atoms with van der Waals surface area (Å²) in [6.45, 7) is 4.33. The lowest BCUT2D eigenvalue weighted by molar-refractivity contribution is -0.747. The summed E-state index contributed by atoms with van der Waals surface area (Å²) in [5.74, 6) is 1.64. The molecule has 174 valence electrons. The number of hydrogen-bond donors (Lipinski definition) is 0. The molecule has 0 spiro atoms. The van der Waals surface area contributed by atoms with E-state index in [2.05, 4.69) is 56.4 Å². The SMILES string of the molecule is C1=C[N+]2(N(c3cccc(OCc4ccccc4)c3)C3CC(CN4CCCC4)C3)C=NC=C2C=N1. The third-order valence-electron chi connectivity index (χ3n) is 7.41. The summed E-state index contributed by atoms with van der Waals surface area (Å²) in [6, 6.07) is 19.3. The highest BCUT2D eigenvalue weighted by molar-refractivity contribution is 5.82. The molecule has 2 fully saturated rings. The summed E-state index contributed by atoms with van der Waals surface area (Å²) >= 11 is 0. The Morgan fingerprint density at radius 1 is 1.00 bits per heavy atom. The van der Waals surface area contributed by atoms with E-state index in [-0.39, 0.29) is 0 Å². The second-order valence-corrected chi connectivity index (χ2v) is 9.75. The molecule has 34 heavy (non-hydrogen) atoms. The van der Waals surface area contributed by atoms with Crippen LogP contribution in [0.3, 0.4) is 0 Å². The molecule has 1 unspecified atom stereocenters. The van der Waals surface area contributed by atoms with Gasteiger partial charge < -0.3 is 9.64 Å². The van der Waals surface area contributed by atoms with Gasteiger partial charge in [-0.1, -0.05) is 36.4 Å². The van der Waals surface area contributed by atoms with Gasteiger partial charge in [-0.15, -0.1) is 4.59 Å². The molecule has 4 aliphatic rings. The smallest absolute Gasteiger partial charge is 0.225 e. The lowest BCUT2D eigenvalue weighted by Gasteiger charge is -2.49. The number of nitrogens with zero attached hydrogens (tertiary/aromatic N) is 5. The summed E-state index contributed by atoms with van der Waals surface area (Å²) in [5, 5.41) is 2.50. The zero-order valence-corrected chi connectivity index (χ0v) is 19.5. The van der Waals surface area contributed by atoms with Crippen LogP contribution in [-0.4, -0.2) is 47.7 Å². The van der Waals surface area contributed by atoms with Gasteiger partial charge in [-0.3, -0.25) is 4.99 Å². The van der Waals surface area contributed by atoms with Crippen LogP contribution in [0, 0.1) is 5.92 Å². The molecule has 3 heterocycles. The van der Waals surface area contributed by atoms with Crippen molar-refractivity contribution in [3.8, 4) is 5.75 Å².